The van der Waals surface area contributed by atoms with Crippen LogP contribution in [0, 0.1) is 13.8 Å². The van der Waals surface area contributed by atoms with Gasteiger partial charge in [0.05, 0.1) is 10.7 Å². The lowest BCUT2D eigenvalue weighted by Crippen LogP contribution is -2.16. The lowest BCUT2D eigenvalue weighted by Gasteiger charge is -2.11. The molecule has 0 fully saturated rings. The Bertz CT molecular complexity index is 1160. The summed E-state index contributed by atoms with van der Waals surface area (Å²) < 4.78 is 1.69. The average Bonchev–Trinajstić information content (AvgIpc) is 3.00. The van der Waals surface area contributed by atoms with E-state index in [0.717, 1.165) is 22.2 Å². The Balaban J connectivity index is 1.71. The van der Waals surface area contributed by atoms with Gasteiger partial charge in [-0.05, 0) is 43.5 Å². The van der Waals surface area contributed by atoms with Crippen LogP contribution in [0.5, 0.6) is 0 Å². The number of carbonyl (C=O) groups is 1. The number of aryl methyl sites for hydroxylation is 2. The Morgan fingerprint density at radius 3 is 2.59 bits per heavy atom. The fourth-order valence-corrected chi connectivity index (χ4v) is 3.28. The summed E-state index contributed by atoms with van der Waals surface area (Å²) >= 11 is 6.26. The van der Waals surface area contributed by atoms with E-state index in [2.05, 4.69) is 15.4 Å². The number of nitrogens with one attached hydrogen (secondary N) is 1. The van der Waals surface area contributed by atoms with E-state index in [1.165, 1.54) is 0 Å². The van der Waals surface area contributed by atoms with E-state index < -0.39 is 0 Å². The molecule has 2 aromatic carbocycles. The topological polar surface area (TPSA) is 59.8 Å². The highest BCUT2D eigenvalue weighted by Crippen LogP contribution is 2.25. The lowest BCUT2D eigenvalue weighted by atomic mass is 10.1. The molecular weight excluding hydrogens is 360 g/mol. The second-order valence-electron chi connectivity index (χ2n) is 6.32. The second kappa shape index (κ2) is 6.85. The minimum Gasteiger partial charge on any atom is -0.320 e. The highest BCUT2D eigenvalue weighted by atomic mass is 35.5. The van der Waals surface area contributed by atoms with Gasteiger partial charge in [-0.2, -0.15) is 5.10 Å². The number of amides is 1. The van der Waals surface area contributed by atoms with Crippen LogP contribution in [0.2, 0.25) is 5.02 Å². The molecule has 6 heteroatoms. The van der Waals surface area contributed by atoms with Crippen LogP contribution in [0.15, 0.2) is 60.7 Å². The molecule has 0 aliphatic heterocycles. The molecule has 1 N–H and O–H groups in total. The van der Waals surface area contributed by atoms with Gasteiger partial charge in [0.2, 0.25) is 0 Å². The molecule has 0 aliphatic rings. The number of anilines is 1. The Hall–Kier alpha value is -3.18. The van der Waals surface area contributed by atoms with Crippen LogP contribution < -0.4 is 5.32 Å². The van der Waals surface area contributed by atoms with E-state index in [4.69, 9.17) is 11.6 Å². The largest absolute Gasteiger partial charge is 0.320 e. The minimum absolute atomic E-state index is 0.162. The summed E-state index contributed by atoms with van der Waals surface area (Å²) in [5.41, 5.74) is 2.69. The summed E-state index contributed by atoms with van der Waals surface area (Å²) in [4.78, 5) is 17.3. The molecule has 0 bridgehead atoms. The van der Waals surface area contributed by atoms with Crippen molar-refractivity contribution in [1.82, 2.24) is 14.8 Å². The maximum Gasteiger partial charge on any atom is 0.275 e. The molecular formula is C21H17ClN4O. The first-order chi connectivity index (χ1) is 13.0. The molecule has 2 aromatic heterocycles. The van der Waals surface area contributed by atoms with Crippen molar-refractivity contribution in [3.8, 4) is 5.82 Å². The van der Waals surface area contributed by atoms with Gasteiger partial charge in [0.25, 0.3) is 5.91 Å². The van der Waals surface area contributed by atoms with Crippen LogP contribution in [-0.4, -0.2) is 20.7 Å². The van der Waals surface area contributed by atoms with E-state index in [9.17, 15) is 4.79 Å². The van der Waals surface area contributed by atoms with Crippen LogP contribution in [-0.2, 0) is 0 Å². The number of pyridine rings is 1. The van der Waals surface area contributed by atoms with Gasteiger partial charge in [-0.15, -0.1) is 0 Å². The van der Waals surface area contributed by atoms with Crippen LogP contribution in [0.3, 0.4) is 0 Å². The third-order valence-corrected chi connectivity index (χ3v) is 4.62. The number of halogens is 1. The monoisotopic (exact) mass is 376 g/mol. The number of fused-ring (bicyclic) bond motifs is 1. The molecule has 0 spiro atoms. The van der Waals surface area contributed by atoms with Gasteiger partial charge in [0.15, 0.2) is 5.82 Å². The Kier molecular flexibility index (Phi) is 4.38. The second-order valence-corrected chi connectivity index (χ2v) is 6.73. The van der Waals surface area contributed by atoms with E-state index >= 15 is 0 Å². The third kappa shape index (κ3) is 3.29. The maximum absolute atomic E-state index is 12.9. The SMILES string of the molecule is Cc1cc(C)n(-c2ccc(Cl)c(C(=O)Nc3cccc4ccccc34)n2)n1. The number of rotatable bonds is 3. The maximum atomic E-state index is 12.9. The van der Waals surface area contributed by atoms with Crippen molar-refractivity contribution in [3.63, 3.8) is 0 Å². The first-order valence-electron chi connectivity index (χ1n) is 8.52. The van der Waals surface area contributed by atoms with Gasteiger partial charge in [0, 0.05) is 16.8 Å². The fourth-order valence-electron chi connectivity index (χ4n) is 3.09. The molecule has 0 unspecified atom stereocenters. The van der Waals surface area contributed by atoms with Gasteiger partial charge in [0.1, 0.15) is 5.69 Å². The third-order valence-electron chi connectivity index (χ3n) is 4.31. The molecule has 4 rings (SSSR count). The molecule has 0 atom stereocenters. The van der Waals surface area contributed by atoms with Gasteiger partial charge in [-0.3, -0.25) is 4.79 Å². The van der Waals surface area contributed by atoms with Crippen LogP contribution in [0.25, 0.3) is 16.6 Å². The van der Waals surface area contributed by atoms with Gasteiger partial charge < -0.3 is 5.32 Å². The fraction of sp³-hybridized carbons (Fsp3) is 0.0952. The lowest BCUT2D eigenvalue weighted by molar-refractivity contribution is 0.102. The van der Waals surface area contributed by atoms with Crippen molar-refractivity contribution in [1.29, 1.82) is 0 Å². The van der Waals surface area contributed by atoms with Gasteiger partial charge in [-0.1, -0.05) is 48.0 Å². The molecule has 2 heterocycles. The summed E-state index contributed by atoms with van der Waals surface area (Å²) in [6.07, 6.45) is 0. The zero-order valence-electron chi connectivity index (χ0n) is 14.9. The standard InChI is InChI=1S/C21H17ClN4O/c1-13-12-14(2)26(25-13)19-11-10-17(22)20(24-19)21(27)23-18-9-5-7-15-6-3-4-8-16(15)18/h3-12H,1-2H3,(H,23,27). The van der Waals surface area contributed by atoms with E-state index in [0.29, 0.717) is 11.5 Å². The molecule has 0 saturated carbocycles. The van der Waals surface area contributed by atoms with Crippen LogP contribution in [0.1, 0.15) is 21.9 Å². The smallest absolute Gasteiger partial charge is 0.275 e. The number of hydrogen-bond donors (Lipinski definition) is 1. The molecule has 4 aromatic rings. The molecule has 5 nitrogen and oxygen atoms in total. The summed E-state index contributed by atoms with van der Waals surface area (Å²) in [5.74, 6) is 0.188. The number of hydrogen-bond acceptors (Lipinski definition) is 3. The molecule has 1 amide bonds. The summed E-state index contributed by atoms with van der Waals surface area (Å²) in [5, 5.41) is 9.63. The normalized spacial score (nSPS) is 10.9. The van der Waals surface area contributed by atoms with Crippen molar-refractivity contribution >= 4 is 34.0 Å². The zero-order valence-corrected chi connectivity index (χ0v) is 15.7. The molecule has 0 aliphatic carbocycles. The highest BCUT2D eigenvalue weighted by molar-refractivity contribution is 6.34. The van der Waals surface area contributed by atoms with Crippen molar-refractivity contribution < 1.29 is 4.79 Å². The Morgan fingerprint density at radius 1 is 1.04 bits per heavy atom. The van der Waals surface area contributed by atoms with Gasteiger partial charge in [-0.25, -0.2) is 9.67 Å². The summed E-state index contributed by atoms with van der Waals surface area (Å²) in [6, 6.07) is 19.0. The number of benzene rings is 2. The van der Waals surface area contributed by atoms with Gasteiger partial charge >= 0.3 is 0 Å². The van der Waals surface area contributed by atoms with E-state index in [-0.39, 0.29) is 16.6 Å². The summed E-state index contributed by atoms with van der Waals surface area (Å²) in [6.45, 7) is 3.85. The molecule has 0 saturated heterocycles. The number of nitrogens with zero attached hydrogens (tertiary/aromatic N) is 3. The first kappa shape index (κ1) is 17.2. The highest BCUT2D eigenvalue weighted by Gasteiger charge is 2.16. The van der Waals surface area contributed by atoms with E-state index in [1.807, 2.05) is 62.4 Å². The van der Waals surface area contributed by atoms with Crippen LogP contribution in [0.4, 0.5) is 5.69 Å². The summed E-state index contributed by atoms with van der Waals surface area (Å²) in [7, 11) is 0. The van der Waals surface area contributed by atoms with Crippen molar-refractivity contribution in [2.75, 3.05) is 5.32 Å². The minimum atomic E-state index is -0.361. The number of aromatic nitrogens is 3. The average molecular weight is 377 g/mol. The van der Waals surface area contributed by atoms with Crippen molar-refractivity contribution in [2.45, 2.75) is 13.8 Å². The first-order valence-corrected chi connectivity index (χ1v) is 8.90. The predicted octanol–water partition coefficient (Wildman–Crippen LogP) is 4.94. The van der Waals surface area contributed by atoms with E-state index in [1.54, 1.807) is 16.8 Å². The Morgan fingerprint density at radius 2 is 1.81 bits per heavy atom. The molecule has 0 radical (unpaired) electrons. The Labute approximate surface area is 161 Å². The quantitative estimate of drug-likeness (QED) is 0.550. The molecule has 134 valence electrons. The number of carbonyl (C=O) groups excluding carboxylic acids is 1. The van der Waals surface area contributed by atoms with Crippen LogP contribution >= 0.6 is 11.6 Å². The van der Waals surface area contributed by atoms with Crippen molar-refractivity contribution in [3.05, 3.63) is 82.8 Å². The zero-order chi connectivity index (χ0) is 19.0. The molecule has 27 heavy (non-hydrogen) atoms. The van der Waals surface area contributed by atoms with Crippen molar-refractivity contribution in [2.24, 2.45) is 0 Å². The predicted molar refractivity (Wildman–Crippen MR) is 108 cm³/mol.